The second-order valence-electron chi connectivity index (χ2n) is 12.6. The number of carbonyl (C=O) groups is 3. The quantitative estimate of drug-likeness (QED) is 0.478. The maximum Gasteiger partial charge on any atom is 0.326 e. The predicted molar refractivity (Wildman–Crippen MR) is 134 cm³/mol. The molecule has 204 valence electrons. The molecule has 0 aromatic heterocycles. The third kappa shape index (κ3) is 4.04. The van der Waals surface area contributed by atoms with Gasteiger partial charge in [-0.2, -0.15) is 0 Å². The van der Waals surface area contributed by atoms with Crippen LogP contribution in [0.4, 0.5) is 0 Å². The van der Waals surface area contributed by atoms with Gasteiger partial charge in [0.25, 0.3) is 5.91 Å². The Bertz CT molecular complexity index is 1060. The Morgan fingerprint density at radius 2 is 1.84 bits per heavy atom. The number of ketones is 1. The number of fused-ring (bicyclic) bond motifs is 5. The van der Waals surface area contributed by atoms with Crippen LogP contribution in [-0.2, 0) is 19.2 Å². The standard InChI is InChI=1S/C28H40N2O7/c1-16(31)28(36)11-8-22-20-5-4-17-12-18(6-9-26(17,2)21(20)7-10-27(22,28)3)29-37-15-24(33)30-14-19(32)13-23(30)25(34)35/h12,19-23,32,36H,4-11,13-15H2,1-3H3,(H,34,35)/b29-18+/t19-,20+,21-,22-,23-,26-,27-,28-/m0/s1. The number of aliphatic carboxylic acids is 1. The van der Waals surface area contributed by atoms with Crippen LogP contribution in [0.2, 0.25) is 0 Å². The van der Waals surface area contributed by atoms with Crippen molar-refractivity contribution in [2.75, 3.05) is 13.2 Å². The van der Waals surface area contributed by atoms with Gasteiger partial charge in [0.05, 0.1) is 11.8 Å². The van der Waals surface area contributed by atoms with Gasteiger partial charge in [0, 0.05) is 18.4 Å². The Kier molecular flexibility index (Phi) is 6.54. The highest BCUT2D eigenvalue weighted by molar-refractivity contribution is 5.96. The zero-order valence-corrected chi connectivity index (χ0v) is 22.1. The maximum atomic E-state index is 12.5. The largest absolute Gasteiger partial charge is 0.480 e. The molecule has 1 heterocycles. The average molecular weight is 517 g/mol. The number of carboxylic acids is 1. The molecule has 3 saturated carbocycles. The van der Waals surface area contributed by atoms with E-state index in [1.807, 2.05) is 0 Å². The van der Waals surface area contributed by atoms with E-state index < -0.39 is 29.6 Å². The first-order valence-electron chi connectivity index (χ1n) is 13.7. The van der Waals surface area contributed by atoms with Crippen LogP contribution >= 0.6 is 0 Å². The Balaban J connectivity index is 1.26. The molecule has 0 unspecified atom stereocenters. The first kappa shape index (κ1) is 26.4. The van der Waals surface area contributed by atoms with Gasteiger partial charge in [0.2, 0.25) is 0 Å². The first-order valence-corrected chi connectivity index (χ1v) is 13.7. The van der Waals surface area contributed by atoms with E-state index in [1.54, 1.807) is 6.92 Å². The second-order valence-corrected chi connectivity index (χ2v) is 12.6. The molecule has 0 aromatic rings. The summed E-state index contributed by atoms with van der Waals surface area (Å²) in [4.78, 5) is 42.8. The highest BCUT2D eigenvalue weighted by atomic mass is 16.6. The smallest absolute Gasteiger partial charge is 0.326 e. The number of Topliss-reactive ketones (excluding diaryl/α,β-unsaturated/α-hetero) is 1. The van der Waals surface area contributed by atoms with Crippen molar-refractivity contribution < 1.29 is 34.5 Å². The Labute approximate surface area is 217 Å². The molecule has 0 bridgehead atoms. The Morgan fingerprint density at radius 1 is 1.11 bits per heavy atom. The third-order valence-electron chi connectivity index (χ3n) is 11.0. The van der Waals surface area contributed by atoms with Gasteiger partial charge >= 0.3 is 5.97 Å². The molecule has 9 heteroatoms. The summed E-state index contributed by atoms with van der Waals surface area (Å²) >= 11 is 0. The monoisotopic (exact) mass is 516 g/mol. The summed E-state index contributed by atoms with van der Waals surface area (Å²) < 4.78 is 0. The van der Waals surface area contributed by atoms with Crippen LogP contribution in [0.15, 0.2) is 16.8 Å². The molecule has 5 rings (SSSR count). The van der Waals surface area contributed by atoms with Gasteiger partial charge in [-0.15, -0.1) is 0 Å². The molecular formula is C28H40N2O7. The first-order chi connectivity index (χ1) is 17.4. The lowest BCUT2D eigenvalue weighted by Crippen LogP contribution is -2.57. The topological polar surface area (TPSA) is 137 Å². The molecule has 4 fully saturated rings. The number of hydrogen-bond donors (Lipinski definition) is 3. The summed E-state index contributed by atoms with van der Waals surface area (Å²) in [6.07, 6.45) is 8.33. The van der Waals surface area contributed by atoms with E-state index in [1.165, 1.54) is 5.57 Å². The number of hydrogen-bond acceptors (Lipinski definition) is 7. The number of amides is 1. The molecule has 4 aliphatic carbocycles. The van der Waals surface area contributed by atoms with Crippen LogP contribution in [0.5, 0.6) is 0 Å². The number of allylic oxidation sites excluding steroid dienone is 2. The zero-order chi connectivity index (χ0) is 26.8. The van der Waals surface area contributed by atoms with Crippen molar-refractivity contribution in [3.63, 3.8) is 0 Å². The maximum absolute atomic E-state index is 12.5. The molecule has 5 aliphatic rings. The van der Waals surface area contributed by atoms with E-state index >= 15 is 0 Å². The molecule has 37 heavy (non-hydrogen) atoms. The van der Waals surface area contributed by atoms with Gasteiger partial charge in [0.1, 0.15) is 11.6 Å². The summed E-state index contributed by atoms with van der Waals surface area (Å²) in [5.41, 5.74) is 0.673. The van der Waals surface area contributed by atoms with Crippen molar-refractivity contribution in [3.05, 3.63) is 11.6 Å². The number of aliphatic hydroxyl groups excluding tert-OH is 1. The number of nitrogens with zero attached hydrogens (tertiary/aromatic N) is 2. The van der Waals surface area contributed by atoms with Gasteiger partial charge in [0.15, 0.2) is 12.4 Å². The zero-order valence-electron chi connectivity index (χ0n) is 22.1. The average Bonchev–Trinajstić information content (AvgIpc) is 3.37. The normalized spacial score (nSPS) is 44.0. The summed E-state index contributed by atoms with van der Waals surface area (Å²) in [5.74, 6) is -0.334. The highest BCUT2D eigenvalue weighted by Gasteiger charge is 2.65. The Hall–Kier alpha value is -2.26. The van der Waals surface area contributed by atoms with E-state index in [4.69, 9.17) is 4.84 Å². The van der Waals surface area contributed by atoms with Gasteiger partial charge in [-0.05, 0) is 87.5 Å². The SMILES string of the molecule is CC(=O)[C@@]1(O)CC[C@H]2[C@@H]3CCC4=C/C(=N/OCC(=O)N5C[C@@H](O)C[C@H]5C(=O)O)CC[C@]4(C)[C@H]3CC[C@@]21C. The van der Waals surface area contributed by atoms with E-state index in [0.29, 0.717) is 24.2 Å². The van der Waals surface area contributed by atoms with E-state index in [2.05, 4.69) is 25.1 Å². The van der Waals surface area contributed by atoms with Crippen molar-refractivity contribution >= 4 is 23.4 Å². The molecule has 8 atom stereocenters. The molecule has 3 N–H and O–H groups in total. The summed E-state index contributed by atoms with van der Waals surface area (Å²) in [6.45, 7) is 5.67. The van der Waals surface area contributed by atoms with Crippen LogP contribution in [0.3, 0.4) is 0 Å². The molecule has 1 saturated heterocycles. The van der Waals surface area contributed by atoms with Crippen molar-refractivity contribution in [2.24, 2.45) is 33.7 Å². The number of aliphatic hydroxyl groups is 2. The van der Waals surface area contributed by atoms with Crippen LogP contribution in [0, 0.1) is 28.6 Å². The number of likely N-dealkylation sites (tertiary alicyclic amines) is 1. The highest BCUT2D eigenvalue weighted by Crippen LogP contribution is 2.67. The second kappa shape index (κ2) is 9.19. The molecule has 0 radical (unpaired) electrons. The lowest BCUT2D eigenvalue weighted by Gasteiger charge is -2.59. The van der Waals surface area contributed by atoms with Crippen LogP contribution in [-0.4, -0.2) is 74.5 Å². The van der Waals surface area contributed by atoms with Crippen LogP contribution in [0.1, 0.15) is 78.6 Å². The van der Waals surface area contributed by atoms with Gasteiger partial charge in [-0.1, -0.05) is 24.6 Å². The third-order valence-corrected chi connectivity index (χ3v) is 11.0. The van der Waals surface area contributed by atoms with Crippen molar-refractivity contribution in [2.45, 2.75) is 96.3 Å². The van der Waals surface area contributed by atoms with Crippen LogP contribution < -0.4 is 0 Å². The molecule has 9 nitrogen and oxygen atoms in total. The van der Waals surface area contributed by atoms with Crippen molar-refractivity contribution in [1.82, 2.24) is 4.90 Å². The lowest BCUT2D eigenvalue weighted by atomic mass is 9.46. The van der Waals surface area contributed by atoms with Crippen molar-refractivity contribution in [1.29, 1.82) is 0 Å². The Morgan fingerprint density at radius 3 is 2.54 bits per heavy atom. The lowest BCUT2D eigenvalue weighted by molar-refractivity contribution is -0.159. The van der Waals surface area contributed by atoms with E-state index in [-0.39, 0.29) is 36.2 Å². The number of oxime groups is 1. The van der Waals surface area contributed by atoms with Crippen LogP contribution in [0.25, 0.3) is 0 Å². The molecule has 0 spiro atoms. The minimum atomic E-state index is -1.20. The summed E-state index contributed by atoms with van der Waals surface area (Å²) in [7, 11) is 0. The van der Waals surface area contributed by atoms with Gasteiger partial charge in [-0.3, -0.25) is 9.59 Å². The fraction of sp³-hybridized carbons (Fsp3) is 0.786. The minimum absolute atomic E-state index is 0.00938. The van der Waals surface area contributed by atoms with Crippen molar-refractivity contribution in [3.8, 4) is 0 Å². The molecule has 1 aliphatic heterocycles. The number of rotatable bonds is 5. The van der Waals surface area contributed by atoms with Gasteiger partial charge < -0.3 is 25.1 Å². The minimum Gasteiger partial charge on any atom is -0.480 e. The predicted octanol–water partition coefficient (Wildman–Crippen LogP) is 2.69. The van der Waals surface area contributed by atoms with E-state index in [0.717, 1.165) is 55.6 Å². The molecule has 1 amide bonds. The number of carboxylic acid groups (broad SMARTS) is 1. The van der Waals surface area contributed by atoms with E-state index in [9.17, 15) is 29.7 Å². The fourth-order valence-electron chi connectivity index (χ4n) is 8.81. The summed E-state index contributed by atoms with van der Waals surface area (Å²) in [6, 6.07) is -1.03. The molecular weight excluding hydrogens is 476 g/mol. The van der Waals surface area contributed by atoms with Gasteiger partial charge in [-0.25, -0.2) is 4.79 Å². The number of carbonyl (C=O) groups excluding carboxylic acids is 2. The fourth-order valence-corrected chi connectivity index (χ4v) is 8.81. The number of β-amino-alcohol motifs (C(OH)–C–C–N with tert-alkyl or cyclic N) is 1. The molecule has 0 aromatic carbocycles. The summed E-state index contributed by atoms with van der Waals surface area (Å²) in [5, 5.41) is 34.6.